The summed E-state index contributed by atoms with van der Waals surface area (Å²) < 4.78 is 0. The molecule has 144 valence electrons. The van der Waals surface area contributed by atoms with Crippen molar-refractivity contribution in [1.82, 2.24) is 9.97 Å². The minimum Gasteiger partial charge on any atom is -0.363 e. The summed E-state index contributed by atoms with van der Waals surface area (Å²) in [4.78, 5) is 23.0. The first-order valence-corrected chi connectivity index (χ1v) is 8.94. The van der Waals surface area contributed by atoms with Gasteiger partial charge >= 0.3 is 6.03 Å². The third-order valence-corrected chi connectivity index (χ3v) is 3.97. The molecule has 0 bridgehead atoms. The number of carbonyl (C=O) groups excluding carboxylic acids is 1. The van der Waals surface area contributed by atoms with Crippen molar-refractivity contribution >= 4 is 34.9 Å². The van der Waals surface area contributed by atoms with Crippen molar-refractivity contribution in [3.8, 4) is 0 Å². The van der Waals surface area contributed by atoms with E-state index in [0.717, 1.165) is 28.5 Å². The third-order valence-electron chi connectivity index (χ3n) is 3.97. The largest absolute Gasteiger partial charge is 0.363 e. The van der Waals surface area contributed by atoms with Crippen molar-refractivity contribution in [3.63, 3.8) is 0 Å². The molecule has 0 aliphatic rings. The number of hydrogen-bond acceptors (Lipinski definition) is 5. The van der Waals surface area contributed by atoms with Crippen LogP contribution in [0.25, 0.3) is 0 Å². The Hall–Kier alpha value is -3.61. The van der Waals surface area contributed by atoms with E-state index in [1.54, 1.807) is 0 Å². The third kappa shape index (κ3) is 5.20. The molecule has 3 rings (SSSR count). The van der Waals surface area contributed by atoms with Crippen LogP contribution in [0.15, 0.2) is 54.6 Å². The molecule has 0 saturated heterocycles. The number of urea groups is 1. The van der Waals surface area contributed by atoms with Gasteiger partial charge in [-0.2, -0.15) is 4.98 Å². The zero-order chi connectivity index (χ0) is 20.1. The van der Waals surface area contributed by atoms with Crippen LogP contribution in [0.1, 0.15) is 11.3 Å². The van der Waals surface area contributed by atoms with Crippen LogP contribution in [-0.4, -0.2) is 30.1 Å². The Morgan fingerprint density at radius 2 is 1.54 bits per heavy atom. The van der Waals surface area contributed by atoms with Crippen LogP contribution < -0.4 is 20.9 Å². The van der Waals surface area contributed by atoms with Crippen LogP contribution in [0.5, 0.6) is 0 Å². The highest BCUT2D eigenvalue weighted by molar-refractivity contribution is 5.99. The molecule has 2 amide bonds. The molecule has 0 atom stereocenters. The van der Waals surface area contributed by atoms with Crippen LogP contribution in [0, 0.1) is 13.8 Å². The zero-order valence-electron chi connectivity index (χ0n) is 16.4. The number of hydrogen-bond donors (Lipinski definition) is 3. The monoisotopic (exact) mass is 376 g/mol. The van der Waals surface area contributed by atoms with E-state index >= 15 is 0 Å². The molecule has 1 aromatic heterocycles. The van der Waals surface area contributed by atoms with Crippen molar-refractivity contribution in [3.05, 3.63) is 65.9 Å². The number of benzene rings is 2. The topological polar surface area (TPSA) is 82.2 Å². The van der Waals surface area contributed by atoms with Crippen molar-refractivity contribution in [2.24, 2.45) is 0 Å². The quantitative estimate of drug-likeness (QED) is 0.609. The maximum atomic E-state index is 12.1. The summed E-state index contributed by atoms with van der Waals surface area (Å²) in [6.07, 6.45) is 0. The molecule has 0 radical (unpaired) electrons. The standard InChI is InChI=1S/C21H24N6O/c1-14-6-5-7-18(12-14)25-21(28)24-17-10-8-16(9-11-17)23-20-22-15(2)13-19(26-20)27(3)4/h5-13H,1-4H3,(H,22,23,26)(H2,24,25,28). The Balaban J connectivity index is 1.63. The second kappa shape index (κ2) is 8.39. The number of anilines is 5. The first kappa shape index (κ1) is 19.2. The molecule has 3 N–H and O–H groups in total. The number of aryl methyl sites for hydroxylation is 2. The van der Waals surface area contributed by atoms with Crippen molar-refractivity contribution in [2.75, 3.05) is 34.9 Å². The molecule has 7 heteroatoms. The fourth-order valence-corrected chi connectivity index (χ4v) is 2.62. The van der Waals surface area contributed by atoms with E-state index in [9.17, 15) is 4.79 Å². The highest BCUT2D eigenvalue weighted by atomic mass is 16.2. The molecule has 0 aliphatic heterocycles. The van der Waals surface area contributed by atoms with E-state index in [1.165, 1.54) is 0 Å². The molecule has 0 aliphatic carbocycles. The summed E-state index contributed by atoms with van der Waals surface area (Å²) in [5.41, 5.74) is 4.25. The highest BCUT2D eigenvalue weighted by Gasteiger charge is 2.06. The molecule has 2 aromatic carbocycles. The fourth-order valence-electron chi connectivity index (χ4n) is 2.62. The van der Waals surface area contributed by atoms with E-state index in [-0.39, 0.29) is 6.03 Å². The Bertz CT molecular complexity index is 969. The summed E-state index contributed by atoms with van der Waals surface area (Å²) in [6, 6.07) is 16.7. The Morgan fingerprint density at radius 3 is 2.21 bits per heavy atom. The maximum Gasteiger partial charge on any atom is 0.323 e. The van der Waals surface area contributed by atoms with Crippen LogP contribution in [0.2, 0.25) is 0 Å². The van der Waals surface area contributed by atoms with E-state index in [0.29, 0.717) is 11.6 Å². The molecule has 28 heavy (non-hydrogen) atoms. The minimum atomic E-state index is -0.288. The molecular weight excluding hydrogens is 352 g/mol. The molecule has 0 fully saturated rings. The lowest BCUT2D eigenvalue weighted by atomic mass is 10.2. The summed E-state index contributed by atoms with van der Waals surface area (Å²) in [5, 5.41) is 8.83. The van der Waals surface area contributed by atoms with Crippen LogP contribution in [0.3, 0.4) is 0 Å². The SMILES string of the molecule is Cc1cccc(NC(=O)Nc2ccc(Nc3nc(C)cc(N(C)C)n3)cc2)c1. The van der Waals surface area contributed by atoms with Gasteiger partial charge in [0.2, 0.25) is 5.95 Å². The molecule has 0 spiro atoms. The highest BCUT2D eigenvalue weighted by Crippen LogP contribution is 2.19. The minimum absolute atomic E-state index is 0.288. The van der Waals surface area contributed by atoms with Crippen molar-refractivity contribution < 1.29 is 4.79 Å². The van der Waals surface area contributed by atoms with E-state index in [1.807, 2.05) is 87.4 Å². The first-order chi connectivity index (χ1) is 13.4. The Morgan fingerprint density at radius 1 is 0.857 bits per heavy atom. The second-order valence-electron chi connectivity index (χ2n) is 6.74. The predicted octanol–water partition coefficient (Wildman–Crippen LogP) is 4.55. The van der Waals surface area contributed by atoms with Gasteiger partial charge in [0.05, 0.1) is 0 Å². The van der Waals surface area contributed by atoms with Gasteiger partial charge in [0.25, 0.3) is 0 Å². The zero-order valence-corrected chi connectivity index (χ0v) is 16.4. The number of rotatable bonds is 5. The van der Waals surface area contributed by atoms with E-state index in [4.69, 9.17) is 0 Å². The molecule has 3 aromatic rings. The van der Waals surface area contributed by atoms with Crippen LogP contribution >= 0.6 is 0 Å². The van der Waals surface area contributed by atoms with Gasteiger partial charge in [-0.15, -0.1) is 0 Å². The van der Waals surface area contributed by atoms with Gasteiger partial charge in [0, 0.05) is 42.9 Å². The van der Waals surface area contributed by atoms with Gasteiger partial charge in [-0.25, -0.2) is 9.78 Å². The summed E-state index contributed by atoms with van der Waals surface area (Å²) >= 11 is 0. The molecule has 0 unspecified atom stereocenters. The molecule has 7 nitrogen and oxygen atoms in total. The van der Waals surface area contributed by atoms with Gasteiger partial charge in [0.1, 0.15) is 5.82 Å². The van der Waals surface area contributed by atoms with Gasteiger partial charge < -0.3 is 20.9 Å². The summed E-state index contributed by atoms with van der Waals surface area (Å²) in [7, 11) is 3.88. The van der Waals surface area contributed by atoms with Gasteiger partial charge in [-0.05, 0) is 55.8 Å². The number of carbonyl (C=O) groups is 1. The molecule has 1 heterocycles. The lowest BCUT2D eigenvalue weighted by molar-refractivity contribution is 0.262. The average molecular weight is 376 g/mol. The Labute approximate surface area is 164 Å². The van der Waals surface area contributed by atoms with E-state index < -0.39 is 0 Å². The van der Waals surface area contributed by atoms with Gasteiger partial charge in [-0.1, -0.05) is 12.1 Å². The molecular formula is C21H24N6O. The smallest absolute Gasteiger partial charge is 0.323 e. The lowest BCUT2D eigenvalue weighted by Crippen LogP contribution is -2.19. The van der Waals surface area contributed by atoms with Crippen molar-refractivity contribution in [2.45, 2.75) is 13.8 Å². The average Bonchev–Trinajstić information content (AvgIpc) is 2.63. The fraction of sp³-hybridized carbons (Fsp3) is 0.190. The number of nitrogens with one attached hydrogen (secondary N) is 3. The number of nitrogens with zero attached hydrogens (tertiary/aromatic N) is 3. The van der Waals surface area contributed by atoms with Gasteiger partial charge in [0.15, 0.2) is 0 Å². The normalized spacial score (nSPS) is 10.3. The maximum absolute atomic E-state index is 12.1. The van der Waals surface area contributed by atoms with Crippen molar-refractivity contribution in [1.29, 1.82) is 0 Å². The number of aromatic nitrogens is 2. The lowest BCUT2D eigenvalue weighted by Gasteiger charge is -2.14. The summed E-state index contributed by atoms with van der Waals surface area (Å²) in [5.74, 6) is 1.36. The Kier molecular flexibility index (Phi) is 5.74. The first-order valence-electron chi connectivity index (χ1n) is 8.94. The van der Waals surface area contributed by atoms with Crippen LogP contribution in [0.4, 0.5) is 33.6 Å². The molecule has 0 saturated carbocycles. The predicted molar refractivity (Wildman–Crippen MR) is 115 cm³/mol. The second-order valence-corrected chi connectivity index (χ2v) is 6.74. The van der Waals surface area contributed by atoms with Crippen LogP contribution in [-0.2, 0) is 0 Å². The summed E-state index contributed by atoms with van der Waals surface area (Å²) in [6.45, 7) is 3.91. The number of amides is 2. The van der Waals surface area contributed by atoms with Gasteiger partial charge in [-0.3, -0.25) is 0 Å². The van der Waals surface area contributed by atoms with E-state index in [2.05, 4.69) is 25.9 Å².